The third-order valence-electron chi connectivity index (χ3n) is 3.46. The van der Waals surface area contributed by atoms with E-state index in [4.69, 9.17) is 17.3 Å². The van der Waals surface area contributed by atoms with E-state index in [0.29, 0.717) is 17.6 Å². The van der Waals surface area contributed by atoms with Crippen molar-refractivity contribution >= 4 is 45.6 Å². The lowest BCUT2D eigenvalue weighted by Gasteiger charge is -2.26. The van der Waals surface area contributed by atoms with Gasteiger partial charge in [0.15, 0.2) is 0 Å². The van der Waals surface area contributed by atoms with Crippen molar-refractivity contribution in [3.8, 4) is 0 Å². The van der Waals surface area contributed by atoms with Gasteiger partial charge < -0.3 is 16.2 Å². The van der Waals surface area contributed by atoms with Crippen LogP contribution in [0, 0.1) is 0 Å². The van der Waals surface area contributed by atoms with Gasteiger partial charge in [0.2, 0.25) is 0 Å². The third kappa shape index (κ3) is 4.80. The summed E-state index contributed by atoms with van der Waals surface area (Å²) in [6.07, 6.45) is 3.68. The summed E-state index contributed by atoms with van der Waals surface area (Å²) in [6, 6.07) is 4.16. The molecule has 1 fully saturated rings. The van der Waals surface area contributed by atoms with E-state index in [1.807, 2.05) is 6.07 Å². The molecule has 1 aromatic carbocycles. The average molecular weight is 370 g/mol. The fourth-order valence-electron chi connectivity index (χ4n) is 2.32. The zero-order chi connectivity index (χ0) is 13.1. The van der Waals surface area contributed by atoms with Gasteiger partial charge in [0.05, 0.1) is 11.8 Å². The Morgan fingerprint density at radius 2 is 1.95 bits per heavy atom. The van der Waals surface area contributed by atoms with Gasteiger partial charge in [0.25, 0.3) is 0 Å². The molecule has 0 amide bonds. The van der Waals surface area contributed by atoms with E-state index in [2.05, 4.69) is 21.2 Å². The Morgan fingerprint density at radius 1 is 1.32 bits per heavy atom. The van der Waals surface area contributed by atoms with Gasteiger partial charge in [-0.2, -0.15) is 0 Å². The number of aliphatic hydroxyl groups excluding tert-OH is 1. The topological polar surface area (TPSA) is 58.3 Å². The first-order chi connectivity index (χ1) is 8.56. The minimum atomic E-state index is -0.117. The number of benzene rings is 1. The summed E-state index contributed by atoms with van der Waals surface area (Å²) in [5, 5.41) is 13.6. The summed E-state index contributed by atoms with van der Waals surface area (Å²) in [4.78, 5) is 0. The number of aliphatic hydroxyl groups is 1. The minimum absolute atomic E-state index is 0. The van der Waals surface area contributed by atoms with E-state index in [1.165, 1.54) is 0 Å². The normalized spacial score (nSPS) is 22.9. The van der Waals surface area contributed by atoms with Gasteiger partial charge in [0, 0.05) is 22.1 Å². The van der Waals surface area contributed by atoms with Crippen LogP contribution in [0.25, 0.3) is 0 Å². The molecule has 4 N–H and O–H groups in total. The maximum absolute atomic E-state index is 9.46. The molecule has 0 bridgehead atoms. The second-order valence-corrected chi connectivity index (χ2v) is 6.14. The maximum atomic E-state index is 9.46. The molecule has 19 heavy (non-hydrogen) atoms. The number of rotatable bonds is 3. The molecule has 0 heterocycles. The summed E-state index contributed by atoms with van der Waals surface area (Å²) in [7, 11) is 0. The summed E-state index contributed by atoms with van der Waals surface area (Å²) in [5.41, 5.74) is 7.76. The Bertz CT molecular complexity index is 423. The first-order valence-corrected chi connectivity index (χ1v) is 7.38. The average Bonchev–Trinajstić information content (AvgIpc) is 2.34. The van der Waals surface area contributed by atoms with Gasteiger partial charge in [-0.25, -0.2) is 0 Å². The van der Waals surface area contributed by atoms with Crippen LogP contribution < -0.4 is 11.1 Å². The molecule has 0 aliphatic heterocycles. The number of halogens is 3. The van der Waals surface area contributed by atoms with Crippen LogP contribution in [0.4, 0.5) is 5.69 Å². The molecule has 1 aliphatic carbocycles. The Kier molecular flexibility index (Phi) is 6.91. The highest BCUT2D eigenvalue weighted by atomic mass is 79.9. The molecular weight excluding hydrogens is 351 g/mol. The molecule has 6 heteroatoms. The molecule has 0 radical (unpaired) electrons. The lowest BCUT2D eigenvalue weighted by atomic mass is 9.93. The molecule has 1 saturated carbocycles. The van der Waals surface area contributed by atoms with Crippen molar-refractivity contribution in [3.63, 3.8) is 0 Å². The minimum Gasteiger partial charge on any atom is -0.398 e. The highest BCUT2D eigenvalue weighted by molar-refractivity contribution is 9.10. The van der Waals surface area contributed by atoms with Crippen LogP contribution in [0.2, 0.25) is 5.02 Å². The van der Waals surface area contributed by atoms with Crippen molar-refractivity contribution in [3.05, 3.63) is 27.2 Å². The van der Waals surface area contributed by atoms with Gasteiger partial charge in [-0.3, -0.25) is 0 Å². The monoisotopic (exact) mass is 368 g/mol. The summed E-state index contributed by atoms with van der Waals surface area (Å²) in [6.45, 7) is 0.714. The quantitative estimate of drug-likeness (QED) is 0.714. The summed E-state index contributed by atoms with van der Waals surface area (Å²) in [5.74, 6) is 0. The Morgan fingerprint density at radius 3 is 2.58 bits per heavy atom. The zero-order valence-electron chi connectivity index (χ0n) is 10.5. The molecule has 0 unspecified atom stereocenters. The molecule has 2 rings (SSSR count). The van der Waals surface area contributed by atoms with Gasteiger partial charge in [-0.05, 0) is 59.3 Å². The SMILES string of the molecule is Cl.Nc1c(Br)cc(Cl)cc1CNC1CCC(O)CC1. The molecule has 3 nitrogen and oxygen atoms in total. The highest BCUT2D eigenvalue weighted by Crippen LogP contribution is 2.28. The standard InChI is InChI=1S/C13H18BrClN2O.ClH/c14-12-6-9(15)5-8(13(12)16)7-17-10-1-3-11(18)4-2-10;/h5-6,10-11,17-18H,1-4,7,16H2;1H. The maximum Gasteiger partial charge on any atom is 0.0541 e. The summed E-state index contributed by atoms with van der Waals surface area (Å²) < 4.78 is 0.839. The van der Waals surface area contributed by atoms with Crippen LogP contribution in [0.3, 0.4) is 0 Å². The van der Waals surface area contributed by atoms with Gasteiger partial charge >= 0.3 is 0 Å². The number of nitrogens with one attached hydrogen (secondary N) is 1. The predicted octanol–water partition coefficient (Wildman–Crippen LogP) is 3.50. The first-order valence-electron chi connectivity index (χ1n) is 6.21. The second-order valence-electron chi connectivity index (χ2n) is 4.85. The smallest absolute Gasteiger partial charge is 0.0541 e. The lowest BCUT2D eigenvalue weighted by molar-refractivity contribution is 0.116. The number of hydrogen-bond donors (Lipinski definition) is 3. The molecule has 108 valence electrons. The van der Waals surface area contributed by atoms with Gasteiger partial charge in [0.1, 0.15) is 0 Å². The predicted molar refractivity (Wildman–Crippen MR) is 85.9 cm³/mol. The lowest BCUT2D eigenvalue weighted by Crippen LogP contribution is -2.34. The van der Waals surface area contributed by atoms with Crippen LogP contribution >= 0.6 is 39.9 Å². The van der Waals surface area contributed by atoms with Crippen molar-refractivity contribution < 1.29 is 5.11 Å². The number of nitrogens with two attached hydrogens (primary N) is 1. The molecule has 1 aliphatic rings. The van der Waals surface area contributed by atoms with Crippen molar-refractivity contribution in [1.29, 1.82) is 0 Å². The molecular formula is C13H19BrCl2N2O. The molecule has 0 aromatic heterocycles. The molecule has 0 spiro atoms. The molecule has 0 atom stereocenters. The van der Waals surface area contributed by atoms with E-state index in [9.17, 15) is 5.11 Å². The van der Waals surface area contributed by atoms with Crippen molar-refractivity contribution in [1.82, 2.24) is 5.32 Å². The second kappa shape index (κ2) is 7.70. The van der Waals surface area contributed by atoms with Crippen LogP contribution in [-0.4, -0.2) is 17.3 Å². The van der Waals surface area contributed by atoms with Gasteiger partial charge in [-0.15, -0.1) is 12.4 Å². The third-order valence-corrected chi connectivity index (χ3v) is 4.33. The van der Waals surface area contributed by atoms with Crippen LogP contribution in [0.1, 0.15) is 31.2 Å². The number of nitrogen functional groups attached to an aromatic ring is 1. The number of anilines is 1. The van der Waals surface area contributed by atoms with E-state index >= 15 is 0 Å². The fourth-order valence-corrected chi connectivity index (χ4v) is 3.19. The van der Waals surface area contributed by atoms with Crippen molar-refractivity contribution in [2.24, 2.45) is 0 Å². The van der Waals surface area contributed by atoms with Crippen LogP contribution in [0.15, 0.2) is 16.6 Å². The van der Waals surface area contributed by atoms with E-state index < -0.39 is 0 Å². The van der Waals surface area contributed by atoms with Crippen molar-refractivity contribution in [2.75, 3.05) is 5.73 Å². The molecule has 1 aromatic rings. The fraction of sp³-hybridized carbons (Fsp3) is 0.538. The largest absolute Gasteiger partial charge is 0.398 e. The molecule has 0 saturated heterocycles. The first kappa shape index (κ1) is 17.1. The van der Waals surface area contributed by atoms with Gasteiger partial charge in [-0.1, -0.05) is 11.6 Å². The van der Waals surface area contributed by atoms with E-state index in [-0.39, 0.29) is 18.5 Å². The number of hydrogen-bond acceptors (Lipinski definition) is 3. The Hall–Kier alpha value is -0.0000000000000000971. The zero-order valence-corrected chi connectivity index (χ0v) is 13.7. The van der Waals surface area contributed by atoms with E-state index in [1.54, 1.807) is 6.07 Å². The van der Waals surface area contributed by atoms with Crippen LogP contribution in [0.5, 0.6) is 0 Å². The highest BCUT2D eigenvalue weighted by Gasteiger charge is 2.19. The van der Waals surface area contributed by atoms with Crippen LogP contribution in [-0.2, 0) is 6.54 Å². The summed E-state index contributed by atoms with van der Waals surface area (Å²) >= 11 is 9.42. The Balaban J connectivity index is 0.00000180. The Labute approximate surface area is 133 Å². The van der Waals surface area contributed by atoms with E-state index in [0.717, 1.165) is 41.4 Å². The van der Waals surface area contributed by atoms with Crippen molar-refractivity contribution in [2.45, 2.75) is 44.4 Å².